The zero-order valence-corrected chi connectivity index (χ0v) is 37.3. The molecule has 1 N–H and O–H groups in total. The van der Waals surface area contributed by atoms with Gasteiger partial charge in [0.2, 0.25) is 0 Å². The van der Waals surface area contributed by atoms with Crippen molar-refractivity contribution < 1.29 is 37.3 Å². The minimum Gasteiger partial charge on any atom is -0.457 e. The number of hydrogen-bond donors (Lipinski definition) is 1. The second-order valence-electron chi connectivity index (χ2n) is 16.1. The molecule has 2 atom stereocenters. The predicted molar refractivity (Wildman–Crippen MR) is 233 cm³/mol. The van der Waals surface area contributed by atoms with E-state index in [2.05, 4.69) is 50.3 Å². The van der Waals surface area contributed by atoms with Gasteiger partial charge in [0.25, 0.3) is 0 Å². The summed E-state index contributed by atoms with van der Waals surface area (Å²) in [5.41, 5.74) is 0. The van der Waals surface area contributed by atoms with Crippen LogP contribution in [0.15, 0.2) is 48.6 Å². The Morgan fingerprint density at radius 1 is 0.582 bits per heavy atom. The number of rotatable bonds is 41. The lowest BCUT2D eigenvalue weighted by Crippen LogP contribution is -2.37. The van der Waals surface area contributed by atoms with Crippen LogP contribution >= 0.6 is 7.82 Å². The topological polar surface area (TPSA) is 91.3 Å². The van der Waals surface area contributed by atoms with E-state index in [1.165, 1.54) is 116 Å². The molecule has 0 fully saturated rings. The SMILES string of the molecule is CC/C=C\C/C=C\C/C=C\C/C=C\CCC(=O)OC(COCCCCCCCCCCCCCCCCCCCCCC)COP(=O)(O)OCC[N+](C)(C)C. The summed E-state index contributed by atoms with van der Waals surface area (Å²) in [6.45, 7) is 5.42. The van der Waals surface area contributed by atoms with Crippen LogP contribution in [0.3, 0.4) is 0 Å². The van der Waals surface area contributed by atoms with Gasteiger partial charge in [-0.3, -0.25) is 13.8 Å². The van der Waals surface area contributed by atoms with Crippen molar-refractivity contribution in [1.82, 2.24) is 0 Å². The zero-order valence-electron chi connectivity index (χ0n) is 36.4. The number of esters is 1. The predicted octanol–water partition coefficient (Wildman–Crippen LogP) is 13.2. The van der Waals surface area contributed by atoms with Gasteiger partial charge in [-0.05, 0) is 38.5 Å². The zero-order chi connectivity index (χ0) is 40.6. The molecule has 8 nitrogen and oxygen atoms in total. The van der Waals surface area contributed by atoms with Gasteiger partial charge in [0.1, 0.15) is 19.3 Å². The van der Waals surface area contributed by atoms with Crippen molar-refractivity contribution in [1.29, 1.82) is 0 Å². The fraction of sp³-hybridized carbons (Fsp3) is 0.804. The first kappa shape index (κ1) is 53.5. The molecule has 55 heavy (non-hydrogen) atoms. The summed E-state index contributed by atoms with van der Waals surface area (Å²) in [7, 11) is 1.63. The Morgan fingerprint density at radius 3 is 1.47 bits per heavy atom. The number of phosphoric ester groups is 1. The number of carbonyl (C=O) groups excluding carboxylic acids is 1. The highest BCUT2D eigenvalue weighted by Gasteiger charge is 2.26. The summed E-state index contributed by atoms with van der Waals surface area (Å²) in [6, 6.07) is 0. The molecule has 9 heteroatoms. The molecule has 0 aromatic carbocycles. The van der Waals surface area contributed by atoms with E-state index in [4.69, 9.17) is 18.5 Å². The standard InChI is InChI=1S/C46H86NO7P/c1-6-8-10-12-14-16-18-20-21-22-23-24-25-26-28-30-32-34-36-38-41-51-43-45(44-53-55(49,50)52-42-40-47(3,4)5)54-46(48)39-37-35-33-31-29-27-19-17-15-13-11-9-7-2/h9,11,15,17,27,29,33,35,45H,6-8,10,12-14,16,18-26,28,30-32,34,36-44H2,1-5H3/p+1/b11-9-,17-15-,29-27-,35-33-. The van der Waals surface area contributed by atoms with E-state index in [9.17, 15) is 14.3 Å². The van der Waals surface area contributed by atoms with E-state index in [0.717, 1.165) is 38.5 Å². The second-order valence-corrected chi connectivity index (χ2v) is 17.5. The van der Waals surface area contributed by atoms with Gasteiger partial charge in [-0.25, -0.2) is 4.57 Å². The molecule has 0 saturated carbocycles. The summed E-state index contributed by atoms with van der Waals surface area (Å²) >= 11 is 0. The van der Waals surface area contributed by atoms with Gasteiger partial charge in [-0.2, -0.15) is 0 Å². The fourth-order valence-corrected chi connectivity index (χ4v) is 6.72. The van der Waals surface area contributed by atoms with Crippen molar-refractivity contribution in [3.05, 3.63) is 48.6 Å². The second kappa shape index (κ2) is 39.3. The molecular formula is C46H87NO7P+. The summed E-state index contributed by atoms with van der Waals surface area (Å²) < 4.78 is 34.9. The number of carbonyl (C=O) groups is 1. The van der Waals surface area contributed by atoms with Crippen molar-refractivity contribution in [2.24, 2.45) is 0 Å². The lowest BCUT2D eigenvalue weighted by molar-refractivity contribution is -0.870. The molecule has 0 aromatic heterocycles. The van der Waals surface area contributed by atoms with E-state index in [0.29, 0.717) is 24.1 Å². The van der Waals surface area contributed by atoms with Gasteiger partial charge in [0, 0.05) is 13.0 Å². The van der Waals surface area contributed by atoms with Crippen LogP contribution in [0.25, 0.3) is 0 Å². The Kier molecular flexibility index (Phi) is 38.2. The molecule has 0 bridgehead atoms. The molecule has 0 radical (unpaired) electrons. The smallest absolute Gasteiger partial charge is 0.457 e. The first-order chi connectivity index (χ1) is 26.6. The number of likely N-dealkylation sites (N-methyl/N-ethyl adjacent to an activating group) is 1. The maximum atomic E-state index is 12.6. The molecule has 0 aliphatic heterocycles. The highest BCUT2D eigenvalue weighted by atomic mass is 31.2. The largest absolute Gasteiger partial charge is 0.472 e. The van der Waals surface area contributed by atoms with Crippen LogP contribution in [0.2, 0.25) is 0 Å². The van der Waals surface area contributed by atoms with Crippen LogP contribution in [-0.2, 0) is 27.9 Å². The Labute approximate surface area is 339 Å². The number of quaternary nitrogens is 1. The molecule has 0 rings (SSSR count). The molecule has 0 spiro atoms. The third-order valence-electron chi connectivity index (χ3n) is 9.42. The molecule has 0 aliphatic carbocycles. The first-order valence-electron chi connectivity index (χ1n) is 22.4. The molecule has 0 aromatic rings. The van der Waals surface area contributed by atoms with Crippen molar-refractivity contribution in [3.8, 4) is 0 Å². The van der Waals surface area contributed by atoms with E-state index in [-0.39, 0.29) is 26.2 Å². The van der Waals surface area contributed by atoms with Crippen LogP contribution in [-0.4, -0.2) is 75.6 Å². The number of allylic oxidation sites excluding steroid dienone is 8. The molecule has 2 unspecified atom stereocenters. The highest BCUT2D eigenvalue weighted by molar-refractivity contribution is 7.47. The third-order valence-corrected chi connectivity index (χ3v) is 10.4. The van der Waals surface area contributed by atoms with Crippen molar-refractivity contribution >= 4 is 13.8 Å². The average Bonchev–Trinajstić information content (AvgIpc) is 3.13. The molecule has 0 aliphatic rings. The summed E-state index contributed by atoms with van der Waals surface area (Å²) in [5.74, 6) is -0.392. The van der Waals surface area contributed by atoms with E-state index < -0.39 is 19.9 Å². The van der Waals surface area contributed by atoms with Crippen LogP contribution in [0.5, 0.6) is 0 Å². The molecule has 0 amide bonds. The Bertz CT molecular complexity index is 1020. The molecule has 0 heterocycles. The number of hydrogen-bond acceptors (Lipinski definition) is 6. The van der Waals surface area contributed by atoms with Crippen LogP contribution in [0.4, 0.5) is 0 Å². The maximum Gasteiger partial charge on any atom is 0.472 e. The van der Waals surface area contributed by atoms with Gasteiger partial charge in [0.15, 0.2) is 0 Å². The Balaban J connectivity index is 4.22. The summed E-state index contributed by atoms with van der Waals surface area (Å²) in [6.07, 6.45) is 47.5. The molecule has 0 saturated heterocycles. The van der Waals surface area contributed by atoms with Gasteiger partial charge < -0.3 is 18.9 Å². The minimum atomic E-state index is -4.29. The van der Waals surface area contributed by atoms with Crippen LogP contribution in [0, 0.1) is 0 Å². The summed E-state index contributed by atoms with van der Waals surface area (Å²) in [5, 5.41) is 0. The van der Waals surface area contributed by atoms with Crippen LogP contribution < -0.4 is 0 Å². The Morgan fingerprint density at radius 2 is 1.02 bits per heavy atom. The van der Waals surface area contributed by atoms with Crippen LogP contribution in [0.1, 0.15) is 181 Å². The minimum absolute atomic E-state index is 0.0759. The van der Waals surface area contributed by atoms with E-state index in [1.807, 2.05) is 33.3 Å². The van der Waals surface area contributed by atoms with E-state index in [1.54, 1.807) is 0 Å². The van der Waals surface area contributed by atoms with Crippen molar-refractivity contribution in [3.63, 3.8) is 0 Å². The lowest BCUT2D eigenvalue weighted by atomic mass is 10.0. The van der Waals surface area contributed by atoms with Gasteiger partial charge in [0.05, 0.1) is 34.4 Å². The first-order valence-corrected chi connectivity index (χ1v) is 23.9. The number of phosphoric acid groups is 1. The monoisotopic (exact) mass is 797 g/mol. The lowest BCUT2D eigenvalue weighted by Gasteiger charge is -2.24. The molecule has 322 valence electrons. The average molecular weight is 797 g/mol. The molecular weight excluding hydrogens is 709 g/mol. The number of nitrogens with zero attached hydrogens (tertiary/aromatic N) is 1. The Hall–Kier alpha value is -1.54. The number of ether oxygens (including phenoxy) is 2. The normalized spacial score (nSPS) is 14.2. The quantitative estimate of drug-likeness (QED) is 0.0217. The van der Waals surface area contributed by atoms with E-state index >= 15 is 0 Å². The van der Waals surface area contributed by atoms with Crippen molar-refractivity contribution in [2.75, 3.05) is 54.1 Å². The fourth-order valence-electron chi connectivity index (χ4n) is 5.98. The highest BCUT2D eigenvalue weighted by Crippen LogP contribution is 2.43. The number of unbranched alkanes of at least 4 members (excludes halogenated alkanes) is 19. The third kappa shape index (κ3) is 43.4. The summed E-state index contributed by atoms with van der Waals surface area (Å²) in [4.78, 5) is 22.8. The van der Waals surface area contributed by atoms with Gasteiger partial charge in [-0.15, -0.1) is 0 Å². The van der Waals surface area contributed by atoms with Crippen molar-refractivity contribution in [2.45, 2.75) is 187 Å². The van der Waals surface area contributed by atoms with Gasteiger partial charge in [-0.1, -0.05) is 184 Å². The maximum absolute atomic E-state index is 12.6. The van der Waals surface area contributed by atoms with Gasteiger partial charge >= 0.3 is 13.8 Å².